The Morgan fingerprint density at radius 3 is 1.46 bits per heavy atom. The molecule has 0 aromatic carbocycles. The minimum absolute atomic E-state index is 0.295. The molecule has 0 unspecified atom stereocenters. The molecule has 26 heavy (non-hydrogen) atoms. The molecule has 0 heterocycles. The highest BCUT2D eigenvalue weighted by atomic mass is 16.3. The summed E-state index contributed by atoms with van der Waals surface area (Å²) >= 11 is 0. The van der Waals surface area contributed by atoms with E-state index in [-0.39, 0.29) is 5.91 Å². The van der Waals surface area contributed by atoms with Gasteiger partial charge < -0.3 is 20.8 Å². The Morgan fingerprint density at radius 1 is 0.808 bits per heavy atom. The standard InChI is InChI=1S/C20H34N2O4/c1-14(19(25)10-3-4-11-19)22(15(2)20(26)12-5-6-13-20)17(24)18(16(21)23)8-7-9-18/h14-15,25-26H,3-13H2,1-2H3,(H2,21,23)/t14-,15-/m1/s1. The van der Waals surface area contributed by atoms with Crippen molar-refractivity contribution in [3.63, 3.8) is 0 Å². The number of carbonyl (C=O) groups excluding carboxylic acids is 2. The molecule has 2 atom stereocenters. The maximum atomic E-state index is 13.6. The molecule has 3 aliphatic rings. The fourth-order valence-corrected chi connectivity index (χ4v) is 5.36. The number of rotatable bonds is 6. The lowest BCUT2D eigenvalue weighted by molar-refractivity contribution is -0.172. The van der Waals surface area contributed by atoms with Crippen LogP contribution in [0.15, 0.2) is 0 Å². The quantitative estimate of drug-likeness (QED) is 0.624. The van der Waals surface area contributed by atoms with Crippen molar-refractivity contribution in [2.75, 3.05) is 0 Å². The third kappa shape index (κ3) is 2.95. The number of aliphatic hydroxyl groups is 2. The fraction of sp³-hybridized carbons (Fsp3) is 0.900. The van der Waals surface area contributed by atoms with Crippen molar-refractivity contribution in [2.24, 2.45) is 11.1 Å². The van der Waals surface area contributed by atoms with Crippen molar-refractivity contribution in [1.29, 1.82) is 0 Å². The van der Waals surface area contributed by atoms with Gasteiger partial charge in [-0.05, 0) is 52.4 Å². The van der Waals surface area contributed by atoms with Crippen LogP contribution >= 0.6 is 0 Å². The molecule has 0 bridgehead atoms. The molecule has 3 fully saturated rings. The predicted octanol–water partition coefficient (Wildman–Crippen LogP) is 1.86. The molecule has 0 saturated heterocycles. The van der Waals surface area contributed by atoms with Crippen molar-refractivity contribution in [1.82, 2.24) is 4.90 Å². The van der Waals surface area contributed by atoms with E-state index in [1.54, 1.807) is 4.90 Å². The molecule has 3 aliphatic carbocycles. The van der Waals surface area contributed by atoms with Crippen LogP contribution in [-0.2, 0) is 9.59 Å². The predicted molar refractivity (Wildman–Crippen MR) is 98.1 cm³/mol. The van der Waals surface area contributed by atoms with Crippen molar-refractivity contribution < 1.29 is 19.8 Å². The Hall–Kier alpha value is -1.14. The first kappa shape index (κ1) is 19.6. The Balaban J connectivity index is 1.96. The third-order valence-electron chi connectivity index (χ3n) is 7.65. The molecule has 2 amide bonds. The van der Waals surface area contributed by atoms with Gasteiger partial charge in [0.15, 0.2) is 0 Å². The van der Waals surface area contributed by atoms with Crippen LogP contribution in [0.5, 0.6) is 0 Å². The van der Waals surface area contributed by atoms with Gasteiger partial charge in [-0.25, -0.2) is 0 Å². The third-order valence-corrected chi connectivity index (χ3v) is 7.65. The second kappa shape index (κ2) is 6.79. The second-order valence-electron chi connectivity index (χ2n) is 8.99. The Morgan fingerprint density at radius 2 is 1.19 bits per heavy atom. The molecule has 6 nitrogen and oxygen atoms in total. The monoisotopic (exact) mass is 366 g/mol. The molecule has 3 saturated carbocycles. The molecular weight excluding hydrogens is 332 g/mol. The van der Waals surface area contributed by atoms with Gasteiger partial charge in [0.05, 0.1) is 23.3 Å². The summed E-state index contributed by atoms with van der Waals surface area (Å²) < 4.78 is 0. The minimum atomic E-state index is -1.16. The smallest absolute Gasteiger partial charge is 0.238 e. The van der Waals surface area contributed by atoms with Gasteiger partial charge in [-0.2, -0.15) is 0 Å². The summed E-state index contributed by atoms with van der Waals surface area (Å²) in [6.07, 6.45) is 8.05. The summed E-state index contributed by atoms with van der Waals surface area (Å²) in [5.74, 6) is -0.869. The van der Waals surface area contributed by atoms with Gasteiger partial charge in [0.25, 0.3) is 0 Å². The van der Waals surface area contributed by atoms with E-state index < -0.39 is 34.6 Å². The van der Waals surface area contributed by atoms with Crippen molar-refractivity contribution in [2.45, 2.75) is 108 Å². The van der Waals surface area contributed by atoms with Gasteiger partial charge in [-0.15, -0.1) is 0 Å². The first-order chi connectivity index (χ1) is 12.2. The van der Waals surface area contributed by atoms with Gasteiger partial charge in [0, 0.05) is 0 Å². The molecular formula is C20H34N2O4. The number of nitrogens with zero attached hydrogens (tertiary/aromatic N) is 1. The number of amides is 2. The number of hydrogen-bond acceptors (Lipinski definition) is 4. The van der Waals surface area contributed by atoms with E-state index in [0.717, 1.165) is 32.1 Å². The van der Waals surface area contributed by atoms with Gasteiger partial charge in [0.1, 0.15) is 5.41 Å². The number of carbonyl (C=O) groups is 2. The second-order valence-corrected chi connectivity index (χ2v) is 8.99. The largest absolute Gasteiger partial charge is 0.388 e. The highest BCUT2D eigenvalue weighted by Crippen LogP contribution is 2.47. The number of hydrogen-bond donors (Lipinski definition) is 3. The van der Waals surface area contributed by atoms with Crippen LogP contribution in [0, 0.1) is 5.41 Å². The molecule has 6 heteroatoms. The van der Waals surface area contributed by atoms with E-state index in [2.05, 4.69) is 0 Å². The van der Waals surface area contributed by atoms with E-state index in [0.29, 0.717) is 38.5 Å². The maximum Gasteiger partial charge on any atom is 0.238 e. The summed E-state index contributed by atoms with van der Waals surface area (Å²) in [6.45, 7) is 3.73. The fourth-order valence-electron chi connectivity index (χ4n) is 5.36. The Bertz CT molecular complexity index is 532. The zero-order valence-electron chi connectivity index (χ0n) is 16.2. The minimum Gasteiger partial charge on any atom is -0.388 e. The normalized spacial score (nSPS) is 28.2. The first-order valence-corrected chi connectivity index (χ1v) is 10.2. The first-order valence-electron chi connectivity index (χ1n) is 10.2. The highest BCUT2D eigenvalue weighted by Gasteiger charge is 2.57. The molecule has 0 radical (unpaired) electrons. The van der Waals surface area contributed by atoms with E-state index in [1.165, 1.54) is 0 Å². The molecule has 0 aliphatic heterocycles. The average molecular weight is 367 g/mol. The van der Waals surface area contributed by atoms with E-state index >= 15 is 0 Å². The van der Waals surface area contributed by atoms with Crippen LogP contribution in [-0.4, -0.2) is 50.2 Å². The lowest BCUT2D eigenvalue weighted by Gasteiger charge is -2.51. The van der Waals surface area contributed by atoms with Gasteiger partial charge >= 0.3 is 0 Å². The van der Waals surface area contributed by atoms with Crippen LogP contribution in [0.4, 0.5) is 0 Å². The number of nitrogens with two attached hydrogens (primary N) is 1. The van der Waals surface area contributed by atoms with E-state index in [1.807, 2.05) is 13.8 Å². The summed E-state index contributed by atoms with van der Waals surface area (Å²) in [6, 6.07) is -0.900. The zero-order chi connectivity index (χ0) is 19.2. The van der Waals surface area contributed by atoms with Crippen LogP contribution < -0.4 is 5.73 Å². The molecule has 0 aromatic heterocycles. The summed E-state index contributed by atoms with van der Waals surface area (Å²) in [7, 11) is 0. The van der Waals surface area contributed by atoms with Crippen LogP contribution in [0.3, 0.4) is 0 Å². The summed E-state index contributed by atoms with van der Waals surface area (Å²) in [5.41, 5.74) is 2.56. The van der Waals surface area contributed by atoms with E-state index in [4.69, 9.17) is 5.73 Å². The van der Waals surface area contributed by atoms with Crippen molar-refractivity contribution in [3.05, 3.63) is 0 Å². The maximum absolute atomic E-state index is 13.6. The molecule has 4 N–H and O–H groups in total. The van der Waals surface area contributed by atoms with Crippen LogP contribution in [0.2, 0.25) is 0 Å². The highest BCUT2D eigenvalue weighted by molar-refractivity contribution is 6.05. The van der Waals surface area contributed by atoms with Gasteiger partial charge in [-0.1, -0.05) is 32.1 Å². The summed E-state index contributed by atoms with van der Waals surface area (Å²) in [4.78, 5) is 27.4. The average Bonchev–Trinajstić information content (AvgIpc) is 3.16. The van der Waals surface area contributed by atoms with Crippen LogP contribution in [0.1, 0.15) is 84.5 Å². The topological polar surface area (TPSA) is 104 Å². The van der Waals surface area contributed by atoms with E-state index in [9.17, 15) is 19.8 Å². The van der Waals surface area contributed by atoms with Crippen LogP contribution in [0.25, 0.3) is 0 Å². The Kier molecular flexibility index (Phi) is 5.12. The van der Waals surface area contributed by atoms with Gasteiger partial charge in [-0.3, -0.25) is 9.59 Å². The zero-order valence-corrected chi connectivity index (χ0v) is 16.2. The SMILES string of the molecule is C[C@@H](N(C(=O)C1(C(N)=O)CCC1)[C@H](C)C1(O)CCCC1)C1(O)CCCC1. The van der Waals surface area contributed by atoms with Crippen molar-refractivity contribution >= 4 is 11.8 Å². The Labute approximate surface area is 156 Å². The molecule has 148 valence electrons. The molecule has 0 spiro atoms. The van der Waals surface area contributed by atoms with Crippen molar-refractivity contribution in [3.8, 4) is 0 Å². The summed E-state index contributed by atoms with van der Waals surface area (Å²) in [5, 5.41) is 22.3. The molecule has 0 aromatic rings. The molecule has 3 rings (SSSR count). The number of primary amides is 1. The van der Waals surface area contributed by atoms with Gasteiger partial charge in [0.2, 0.25) is 11.8 Å². The lowest BCUT2D eigenvalue weighted by atomic mass is 9.66. The lowest BCUT2D eigenvalue weighted by Crippen LogP contribution is -2.66.